The minimum absolute atomic E-state index is 0.211. The molecular formula is C10H16N2O2. The van der Waals surface area contributed by atoms with Gasteiger partial charge in [-0.25, -0.2) is 0 Å². The van der Waals surface area contributed by atoms with Gasteiger partial charge in [-0.3, -0.25) is 9.78 Å². The van der Waals surface area contributed by atoms with Crippen LogP contribution < -0.4 is 5.73 Å². The van der Waals surface area contributed by atoms with E-state index in [9.17, 15) is 4.79 Å². The van der Waals surface area contributed by atoms with E-state index in [1.807, 2.05) is 18.2 Å². The lowest BCUT2D eigenvalue weighted by Crippen LogP contribution is -1.97. The van der Waals surface area contributed by atoms with E-state index in [2.05, 4.69) is 9.72 Å². The van der Waals surface area contributed by atoms with Crippen molar-refractivity contribution in [3.05, 3.63) is 30.1 Å². The molecule has 2 N–H and O–H groups in total. The molecule has 0 fully saturated rings. The SMILES string of the molecule is CCOC(C)=O.NCc1ccccn1. The Labute approximate surface area is 84.1 Å². The maximum atomic E-state index is 9.82. The Morgan fingerprint density at radius 3 is 2.50 bits per heavy atom. The van der Waals surface area contributed by atoms with E-state index in [4.69, 9.17) is 5.73 Å². The number of pyridine rings is 1. The Morgan fingerprint density at radius 2 is 2.29 bits per heavy atom. The second-order valence-corrected chi connectivity index (χ2v) is 2.45. The van der Waals surface area contributed by atoms with E-state index < -0.39 is 0 Å². The Hall–Kier alpha value is -1.42. The van der Waals surface area contributed by atoms with E-state index in [1.165, 1.54) is 6.92 Å². The third kappa shape index (κ3) is 7.24. The number of nitrogens with zero attached hydrogens (tertiary/aromatic N) is 1. The highest BCUT2D eigenvalue weighted by Crippen LogP contribution is 1.88. The van der Waals surface area contributed by atoms with Gasteiger partial charge >= 0.3 is 5.97 Å². The fourth-order valence-electron chi connectivity index (χ4n) is 0.722. The summed E-state index contributed by atoms with van der Waals surface area (Å²) in [6, 6.07) is 5.70. The van der Waals surface area contributed by atoms with E-state index >= 15 is 0 Å². The second-order valence-electron chi connectivity index (χ2n) is 2.45. The number of carbonyl (C=O) groups is 1. The van der Waals surface area contributed by atoms with Crippen LogP contribution in [0.1, 0.15) is 19.5 Å². The maximum absolute atomic E-state index is 9.82. The summed E-state index contributed by atoms with van der Waals surface area (Å²) >= 11 is 0. The molecule has 1 heterocycles. The van der Waals surface area contributed by atoms with Gasteiger partial charge in [0, 0.05) is 19.7 Å². The van der Waals surface area contributed by atoms with Crippen LogP contribution in [0.3, 0.4) is 0 Å². The van der Waals surface area contributed by atoms with Crippen molar-refractivity contribution in [3.8, 4) is 0 Å². The lowest BCUT2D eigenvalue weighted by molar-refractivity contribution is -0.140. The van der Waals surface area contributed by atoms with Crippen molar-refractivity contribution in [2.24, 2.45) is 5.73 Å². The molecule has 78 valence electrons. The van der Waals surface area contributed by atoms with Gasteiger partial charge in [0.15, 0.2) is 0 Å². The van der Waals surface area contributed by atoms with Crippen molar-refractivity contribution in [1.82, 2.24) is 4.98 Å². The molecule has 0 unspecified atom stereocenters. The predicted molar refractivity (Wildman–Crippen MR) is 54.4 cm³/mol. The topological polar surface area (TPSA) is 65.2 Å². The summed E-state index contributed by atoms with van der Waals surface area (Å²) in [6.07, 6.45) is 1.74. The highest BCUT2D eigenvalue weighted by Gasteiger charge is 1.82. The lowest BCUT2D eigenvalue weighted by Gasteiger charge is -1.89. The Balaban J connectivity index is 0.000000255. The molecule has 1 aromatic heterocycles. The van der Waals surface area contributed by atoms with Gasteiger partial charge in [0.05, 0.1) is 12.3 Å². The van der Waals surface area contributed by atoms with E-state index in [0.29, 0.717) is 13.2 Å². The Kier molecular flexibility index (Phi) is 7.36. The molecule has 0 saturated heterocycles. The van der Waals surface area contributed by atoms with Crippen molar-refractivity contribution >= 4 is 5.97 Å². The second kappa shape index (κ2) is 8.19. The molecule has 0 aromatic carbocycles. The molecule has 0 saturated carbocycles. The molecule has 4 nitrogen and oxygen atoms in total. The first-order chi connectivity index (χ1) is 6.70. The quantitative estimate of drug-likeness (QED) is 0.719. The standard InChI is InChI=1S/C6H8N2.C4H8O2/c7-5-6-3-1-2-4-8-6;1-3-6-4(2)5/h1-4H,5,7H2;3H2,1-2H3. The van der Waals surface area contributed by atoms with Gasteiger partial charge in [-0.1, -0.05) is 6.07 Å². The molecule has 1 aromatic rings. The average molecular weight is 196 g/mol. The van der Waals surface area contributed by atoms with Crippen LogP contribution >= 0.6 is 0 Å². The normalized spacial score (nSPS) is 8.50. The van der Waals surface area contributed by atoms with Crippen LogP contribution in [0.2, 0.25) is 0 Å². The highest BCUT2D eigenvalue weighted by molar-refractivity contribution is 5.65. The summed E-state index contributed by atoms with van der Waals surface area (Å²) in [5.74, 6) is -0.211. The van der Waals surface area contributed by atoms with Crippen LogP contribution in [-0.2, 0) is 16.1 Å². The number of hydrogen-bond acceptors (Lipinski definition) is 4. The third-order valence-electron chi connectivity index (χ3n) is 1.28. The summed E-state index contributed by atoms with van der Waals surface area (Å²) in [7, 11) is 0. The first-order valence-corrected chi connectivity index (χ1v) is 4.44. The molecule has 0 atom stereocenters. The molecule has 4 heteroatoms. The van der Waals surface area contributed by atoms with Crippen molar-refractivity contribution in [3.63, 3.8) is 0 Å². The molecular weight excluding hydrogens is 180 g/mol. The number of hydrogen-bond donors (Lipinski definition) is 1. The van der Waals surface area contributed by atoms with Gasteiger partial charge in [0.2, 0.25) is 0 Å². The monoisotopic (exact) mass is 196 g/mol. The first kappa shape index (κ1) is 12.6. The smallest absolute Gasteiger partial charge is 0.302 e. The number of nitrogens with two attached hydrogens (primary N) is 1. The van der Waals surface area contributed by atoms with Gasteiger partial charge < -0.3 is 10.5 Å². The van der Waals surface area contributed by atoms with Crippen molar-refractivity contribution in [1.29, 1.82) is 0 Å². The zero-order chi connectivity index (χ0) is 10.8. The van der Waals surface area contributed by atoms with Crippen LogP contribution in [-0.4, -0.2) is 17.6 Å². The minimum Gasteiger partial charge on any atom is -0.466 e. The molecule has 1 rings (SSSR count). The zero-order valence-electron chi connectivity index (χ0n) is 8.56. The summed E-state index contributed by atoms with van der Waals surface area (Å²) in [5, 5.41) is 0. The Bertz CT molecular complexity index is 250. The number of ether oxygens (including phenoxy) is 1. The third-order valence-corrected chi connectivity index (χ3v) is 1.28. The molecule has 0 bridgehead atoms. The van der Waals surface area contributed by atoms with Crippen molar-refractivity contribution < 1.29 is 9.53 Å². The molecule has 0 radical (unpaired) electrons. The summed E-state index contributed by atoms with van der Waals surface area (Å²) in [6.45, 7) is 4.18. The van der Waals surface area contributed by atoms with E-state index in [1.54, 1.807) is 13.1 Å². The lowest BCUT2D eigenvalue weighted by atomic mass is 10.4. The largest absolute Gasteiger partial charge is 0.466 e. The molecule has 0 spiro atoms. The minimum atomic E-state index is -0.211. The van der Waals surface area contributed by atoms with Gasteiger partial charge in [-0.2, -0.15) is 0 Å². The molecule has 0 aliphatic rings. The molecule has 0 aliphatic carbocycles. The van der Waals surface area contributed by atoms with Crippen LogP contribution in [0, 0.1) is 0 Å². The van der Waals surface area contributed by atoms with E-state index in [0.717, 1.165) is 5.69 Å². The summed E-state index contributed by atoms with van der Waals surface area (Å²) < 4.78 is 4.40. The van der Waals surface area contributed by atoms with Crippen LogP contribution in [0.5, 0.6) is 0 Å². The van der Waals surface area contributed by atoms with Crippen molar-refractivity contribution in [2.45, 2.75) is 20.4 Å². The summed E-state index contributed by atoms with van der Waals surface area (Å²) in [5.41, 5.74) is 6.22. The fraction of sp³-hybridized carbons (Fsp3) is 0.400. The zero-order valence-corrected chi connectivity index (χ0v) is 8.56. The fourth-order valence-corrected chi connectivity index (χ4v) is 0.722. The average Bonchev–Trinajstić information content (AvgIpc) is 2.20. The van der Waals surface area contributed by atoms with Gasteiger partial charge in [0.1, 0.15) is 0 Å². The number of aromatic nitrogens is 1. The number of rotatable bonds is 2. The first-order valence-electron chi connectivity index (χ1n) is 4.44. The van der Waals surface area contributed by atoms with Crippen LogP contribution in [0.15, 0.2) is 24.4 Å². The van der Waals surface area contributed by atoms with Crippen LogP contribution in [0.25, 0.3) is 0 Å². The van der Waals surface area contributed by atoms with Gasteiger partial charge in [0.25, 0.3) is 0 Å². The van der Waals surface area contributed by atoms with Gasteiger partial charge in [-0.15, -0.1) is 0 Å². The highest BCUT2D eigenvalue weighted by atomic mass is 16.5. The van der Waals surface area contributed by atoms with Crippen molar-refractivity contribution in [2.75, 3.05) is 6.61 Å². The molecule has 14 heavy (non-hydrogen) atoms. The van der Waals surface area contributed by atoms with Gasteiger partial charge in [-0.05, 0) is 19.1 Å². The van der Waals surface area contributed by atoms with E-state index in [-0.39, 0.29) is 5.97 Å². The number of carbonyl (C=O) groups excluding carboxylic acids is 1. The Morgan fingerprint density at radius 1 is 1.57 bits per heavy atom. The number of esters is 1. The van der Waals surface area contributed by atoms with Crippen LogP contribution in [0.4, 0.5) is 0 Å². The summed E-state index contributed by atoms with van der Waals surface area (Å²) in [4.78, 5) is 13.8. The predicted octanol–water partition coefficient (Wildman–Crippen LogP) is 1.11. The molecule has 0 amide bonds. The molecule has 0 aliphatic heterocycles. The maximum Gasteiger partial charge on any atom is 0.302 e.